The Kier molecular flexibility index (Phi) is 2.77. The second-order valence-corrected chi connectivity index (χ2v) is 4.15. The fourth-order valence-corrected chi connectivity index (χ4v) is 1.82. The summed E-state index contributed by atoms with van der Waals surface area (Å²) in [5, 5.41) is 4.46. The van der Waals surface area contributed by atoms with Gasteiger partial charge in [0, 0.05) is 19.0 Å². The van der Waals surface area contributed by atoms with Crippen LogP contribution in [0.3, 0.4) is 0 Å². The van der Waals surface area contributed by atoms with Crippen LogP contribution in [0.5, 0.6) is 0 Å². The van der Waals surface area contributed by atoms with Crippen molar-refractivity contribution < 1.29 is 0 Å². The van der Waals surface area contributed by atoms with Crippen LogP contribution in [0, 0.1) is 13.8 Å². The molecular formula is C13H17N3. The van der Waals surface area contributed by atoms with Gasteiger partial charge in [-0.25, -0.2) is 4.98 Å². The molecule has 0 amide bonds. The highest BCUT2D eigenvalue weighted by atomic mass is 15.3. The van der Waals surface area contributed by atoms with E-state index in [0.717, 1.165) is 23.6 Å². The number of nitrogens with zero attached hydrogens (tertiary/aromatic N) is 3. The van der Waals surface area contributed by atoms with Crippen molar-refractivity contribution in [2.45, 2.75) is 27.2 Å². The molecule has 0 atom stereocenters. The third kappa shape index (κ3) is 1.85. The quantitative estimate of drug-likeness (QED) is 0.771. The second-order valence-electron chi connectivity index (χ2n) is 4.15. The number of hydrogen-bond acceptors (Lipinski definition) is 2. The molecule has 0 saturated carbocycles. The molecule has 0 radical (unpaired) electrons. The first-order valence-electron chi connectivity index (χ1n) is 5.59. The molecule has 0 bridgehead atoms. The van der Waals surface area contributed by atoms with Gasteiger partial charge in [0.25, 0.3) is 0 Å². The van der Waals surface area contributed by atoms with Crippen molar-refractivity contribution in [1.82, 2.24) is 14.8 Å². The van der Waals surface area contributed by atoms with E-state index in [1.54, 1.807) is 0 Å². The van der Waals surface area contributed by atoms with Crippen LogP contribution in [0.2, 0.25) is 0 Å². The van der Waals surface area contributed by atoms with Crippen LogP contribution in [0.15, 0.2) is 18.2 Å². The first kappa shape index (κ1) is 10.9. The second kappa shape index (κ2) is 4.08. The zero-order chi connectivity index (χ0) is 11.7. The summed E-state index contributed by atoms with van der Waals surface area (Å²) in [6.07, 6.45) is 0.911. The third-order valence-corrected chi connectivity index (χ3v) is 2.80. The number of aromatic nitrogens is 3. The normalized spacial score (nSPS) is 10.8. The summed E-state index contributed by atoms with van der Waals surface area (Å²) in [6, 6.07) is 6.37. The van der Waals surface area contributed by atoms with Crippen LogP contribution in [0.1, 0.15) is 23.9 Å². The van der Waals surface area contributed by atoms with Gasteiger partial charge in [-0.05, 0) is 25.5 Å². The maximum atomic E-state index is 4.55. The molecule has 2 aromatic rings. The predicted molar refractivity (Wildman–Crippen MR) is 65.3 cm³/mol. The summed E-state index contributed by atoms with van der Waals surface area (Å²) in [5.74, 6) is 1.86. The van der Waals surface area contributed by atoms with E-state index in [2.05, 4.69) is 49.1 Å². The molecule has 0 aliphatic carbocycles. The molecule has 1 aromatic carbocycles. The zero-order valence-corrected chi connectivity index (χ0v) is 10.3. The van der Waals surface area contributed by atoms with Crippen LogP contribution in [0.25, 0.3) is 11.4 Å². The highest BCUT2D eigenvalue weighted by Crippen LogP contribution is 2.21. The van der Waals surface area contributed by atoms with Crippen LogP contribution in [-0.4, -0.2) is 14.8 Å². The Morgan fingerprint density at radius 3 is 2.62 bits per heavy atom. The summed E-state index contributed by atoms with van der Waals surface area (Å²) < 4.78 is 1.86. The van der Waals surface area contributed by atoms with E-state index in [1.807, 2.05) is 11.7 Å². The zero-order valence-electron chi connectivity index (χ0n) is 10.3. The Labute approximate surface area is 96.1 Å². The summed E-state index contributed by atoms with van der Waals surface area (Å²) in [6.45, 7) is 6.28. The lowest BCUT2D eigenvalue weighted by atomic mass is 10.1. The molecule has 1 heterocycles. The van der Waals surface area contributed by atoms with Gasteiger partial charge >= 0.3 is 0 Å². The van der Waals surface area contributed by atoms with Crippen molar-refractivity contribution in [1.29, 1.82) is 0 Å². The van der Waals surface area contributed by atoms with Gasteiger partial charge in [0.05, 0.1) is 0 Å². The van der Waals surface area contributed by atoms with Crippen molar-refractivity contribution in [2.24, 2.45) is 7.05 Å². The Morgan fingerprint density at radius 1 is 1.25 bits per heavy atom. The maximum Gasteiger partial charge on any atom is 0.181 e. The van der Waals surface area contributed by atoms with Crippen molar-refractivity contribution in [3.05, 3.63) is 35.2 Å². The van der Waals surface area contributed by atoms with E-state index in [0.29, 0.717) is 0 Å². The van der Waals surface area contributed by atoms with Crippen LogP contribution in [-0.2, 0) is 13.5 Å². The molecule has 0 N–H and O–H groups in total. The van der Waals surface area contributed by atoms with Gasteiger partial charge in [0.2, 0.25) is 0 Å². The molecule has 1 aromatic heterocycles. The van der Waals surface area contributed by atoms with E-state index in [1.165, 1.54) is 11.1 Å². The van der Waals surface area contributed by atoms with Gasteiger partial charge in [0.15, 0.2) is 5.82 Å². The van der Waals surface area contributed by atoms with Crippen molar-refractivity contribution >= 4 is 0 Å². The largest absolute Gasteiger partial charge is 0.253 e. The molecule has 0 unspecified atom stereocenters. The highest BCUT2D eigenvalue weighted by Gasteiger charge is 2.10. The molecular weight excluding hydrogens is 198 g/mol. The molecule has 16 heavy (non-hydrogen) atoms. The summed E-state index contributed by atoms with van der Waals surface area (Å²) in [4.78, 5) is 4.55. The van der Waals surface area contributed by atoms with Crippen molar-refractivity contribution in [3.8, 4) is 11.4 Å². The average Bonchev–Trinajstić information content (AvgIpc) is 2.63. The lowest BCUT2D eigenvalue weighted by Gasteiger charge is -2.02. The minimum atomic E-state index is 0.834. The Bertz CT molecular complexity index is 512. The molecule has 2 rings (SSSR count). The summed E-state index contributed by atoms with van der Waals surface area (Å²) in [7, 11) is 1.94. The Balaban J connectivity index is 2.53. The minimum Gasteiger partial charge on any atom is -0.253 e. The smallest absolute Gasteiger partial charge is 0.181 e. The van der Waals surface area contributed by atoms with Gasteiger partial charge in [-0.1, -0.05) is 24.6 Å². The number of aryl methyl sites for hydroxylation is 4. The maximum absolute atomic E-state index is 4.55. The van der Waals surface area contributed by atoms with Gasteiger partial charge in [-0.2, -0.15) is 5.10 Å². The summed E-state index contributed by atoms with van der Waals surface area (Å²) in [5.41, 5.74) is 3.60. The number of rotatable bonds is 2. The van der Waals surface area contributed by atoms with Crippen molar-refractivity contribution in [2.75, 3.05) is 0 Å². The molecule has 0 saturated heterocycles. The molecule has 3 heteroatoms. The van der Waals surface area contributed by atoms with E-state index in [-0.39, 0.29) is 0 Å². The van der Waals surface area contributed by atoms with Gasteiger partial charge < -0.3 is 0 Å². The van der Waals surface area contributed by atoms with Gasteiger partial charge in [-0.15, -0.1) is 0 Å². The molecule has 0 fully saturated rings. The lowest BCUT2D eigenvalue weighted by Crippen LogP contribution is -1.96. The fraction of sp³-hybridized carbons (Fsp3) is 0.385. The molecule has 0 aliphatic rings. The van der Waals surface area contributed by atoms with E-state index < -0.39 is 0 Å². The molecule has 0 aliphatic heterocycles. The SMILES string of the molecule is CCc1nc(-c2cc(C)ccc2C)nn1C. The topological polar surface area (TPSA) is 30.7 Å². The minimum absolute atomic E-state index is 0.834. The first-order valence-corrected chi connectivity index (χ1v) is 5.59. The average molecular weight is 215 g/mol. The first-order chi connectivity index (χ1) is 7.61. The number of hydrogen-bond donors (Lipinski definition) is 0. The monoisotopic (exact) mass is 215 g/mol. The number of benzene rings is 1. The van der Waals surface area contributed by atoms with E-state index in [9.17, 15) is 0 Å². The van der Waals surface area contributed by atoms with E-state index >= 15 is 0 Å². The van der Waals surface area contributed by atoms with Crippen molar-refractivity contribution in [3.63, 3.8) is 0 Å². The fourth-order valence-electron chi connectivity index (χ4n) is 1.82. The summed E-state index contributed by atoms with van der Waals surface area (Å²) >= 11 is 0. The third-order valence-electron chi connectivity index (χ3n) is 2.80. The van der Waals surface area contributed by atoms with Crippen LogP contribution < -0.4 is 0 Å². The van der Waals surface area contributed by atoms with Crippen LogP contribution >= 0.6 is 0 Å². The van der Waals surface area contributed by atoms with E-state index in [4.69, 9.17) is 0 Å². The Morgan fingerprint density at radius 2 is 2.00 bits per heavy atom. The van der Waals surface area contributed by atoms with Gasteiger partial charge in [-0.3, -0.25) is 4.68 Å². The Hall–Kier alpha value is -1.64. The lowest BCUT2D eigenvalue weighted by molar-refractivity contribution is 0.710. The molecule has 84 valence electrons. The van der Waals surface area contributed by atoms with Gasteiger partial charge in [0.1, 0.15) is 5.82 Å². The molecule has 3 nitrogen and oxygen atoms in total. The predicted octanol–water partition coefficient (Wildman–Crippen LogP) is 2.66. The van der Waals surface area contributed by atoms with Crippen LogP contribution in [0.4, 0.5) is 0 Å². The standard InChI is InChI=1S/C13H17N3/c1-5-12-14-13(15-16(12)4)11-8-9(2)6-7-10(11)3/h6-8H,5H2,1-4H3. The molecule has 0 spiro atoms. The highest BCUT2D eigenvalue weighted by molar-refractivity contribution is 5.60.